The average Bonchev–Trinajstić information content (AvgIpc) is 1.70. The zero-order valence-electron chi connectivity index (χ0n) is 69.3. The maximum atomic E-state index is 15.0. The van der Waals surface area contributed by atoms with Crippen molar-refractivity contribution in [2.45, 2.75) is 25.6 Å². The Kier molecular flexibility index (Phi) is 26.1. The molecular formula is C79H92F5N35O8. The number of aliphatic hydroxyl groups is 1. The number of aliphatic hydroxyl groups excluding tert-OH is 1. The predicted molar refractivity (Wildman–Crippen MR) is 460 cm³/mol. The molecule has 43 nitrogen and oxygen atoms in total. The monoisotopic (exact) mass is 1750 g/mol. The van der Waals surface area contributed by atoms with E-state index in [1.807, 2.05) is 29.2 Å². The fraction of sp³-hybridized carbons (Fsp3) is 0.367. The fourth-order valence-corrected chi connectivity index (χ4v) is 14.5. The number of carbonyl (C=O) groups is 1. The first-order chi connectivity index (χ1) is 61.5. The molecule has 19 rings (SSSR count). The van der Waals surface area contributed by atoms with Gasteiger partial charge in [0.2, 0.25) is 72.0 Å². The Morgan fingerprint density at radius 2 is 1.01 bits per heavy atom. The largest absolute Gasteiger partial charge is 0.493 e. The van der Waals surface area contributed by atoms with Crippen LogP contribution in [-0.4, -0.2) is 286 Å². The first-order valence-corrected chi connectivity index (χ1v) is 40.6. The molecule has 666 valence electrons. The number of ether oxygens (including phenoxy) is 6. The average molecular weight is 1750 g/mol. The molecule has 0 spiro atoms. The van der Waals surface area contributed by atoms with Crippen molar-refractivity contribution in [3.63, 3.8) is 0 Å². The molecule has 0 radical (unpaired) electrons. The van der Waals surface area contributed by atoms with Crippen LogP contribution < -0.4 is 87.8 Å². The molecule has 1 atom stereocenters. The second-order valence-corrected chi connectivity index (χ2v) is 29.7. The second kappa shape index (κ2) is 38.6. The summed E-state index contributed by atoms with van der Waals surface area (Å²) < 4.78 is 105. The van der Waals surface area contributed by atoms with Crippen molar-refractivity contribution in [2.24, 2.45) is 0 Å². The molecule has 6 fully saturated rings. The number of piperazine rings is 2. The van der Waals surface area contributed by atoms with Crippen LogP contribution in [-0.2, 0) is 25.2 Å². The number of pyridine rings is 1. The second-order valence-electron chi connectivity index (χ2n) is 29.7. The number of morpholine rings is 3. The molecule has 0 aliphatic carbocycles. The van der Waals surface area contributed by atoms with E-state index in [4.69, 9.17) is 51.4 Å². The van der Waals surface area contributed by atoms with Crippen LogP contribution >= 0.6 is 0 Å². The SMILES string of the molecule is CC(=O)N1CCN(c2cc(-n3nc(N)nc3Nc3ccc(N4CCOCC4)cc3F)ncn2)CC1.CN1CCN(c2nccc(-n3nc(Nc4ccc(N5CCOCC5)cc4)nc3N)n2)CC1.COc1cc(Nc2nc(N)n(-c3ccc(C(F)(F)F)cn3)n2)cc2c1OCO2.Nc1nc(Nc2ccc(N3CCOCC3)cc2F)n(-c2cc(N3CC[C@@H](O)C3)ncn2)n1. The van der Waals surface area contributed by atoms with Crippen molar-refractivity contribution in [1.29, 1.82) is 0 Å². The van der Waals surface area contributed by atoms with E-state index in [0.29, 0.717) is 142 Å². The highest BCUT2D eigenvalue weighted by molar-refractivity contribution is 5.74. The Labute approximate surface area is 722 Å². The van der Waals surface area contributed by atoms with E-state index in [0.717, 1.165) is 113 Å². The predicted octanol–water partition coefficient (Wildman–Crippen LogP) is 5.67. The summed E-state index contributed by atoms with van der Waals surface area (Å²) >= 11 is 0. The molecule has 8 aromatic heterocycles. The number of carbonyl (C=O) groups excluding carboxylic acids is 1. The van der Waals surface area contributed by atoms with E-state index in [9.17, 15) is 31.9 Å². The highest BCUT2D eigenvalue weighted by atomic mass is 19.4. The number of aromatic nitrogens is 19. The van der Waals surface area contributed by atoms with E-state index in [-0.39, 0.29) is 77.6 Å². The fourth-order valence-electron chi connectivity index (χ4n) is 14.5. The van der Waals surface area contributed by atoms with Crippen molar-refractivity contribution in [2.75, 3.05) is 239 Å². The molecule has 0 bridgehead atoms. The summed E-state index contributed by atoms with van der Waals surface area (Å²) in [7, 11) is 3.61. The number of hydrogen-bond donors (Lipinski definition) is 9. The normalized spacial score (nSPS) is 16.5. The van der Waals surface area contributed by atoms with E-state index < -0.39 is 23.4 Å². The van der Waals surface area contributed by atoms with Crippen molar-refractivity contribution in [3.8, 4) is 40.5 Å². The van der Waals surface area contributed by atoms with Gasteiger partial charge in [-0.25, -0.2) is 38.7 Å². The molecule has 7 aliphatic heterocycles. The standard InChI is InChI=1S/C22H27FN10O2.C21H28N10O.C20H24FN9O2.C16H13F3N6O3/c1-15(34)30-4-6-32(7-5-30)19-13-20(26-14-25-19)33-22(28-21(24)29-33)27-18-3-2-16(12-17(18)23)31-8-10-35-11-9-31;1-28-8-10-30(11-9-28)21-23-7-6-18(25-21)31-19(22)26-20(27-31)24-16-2-4-17(5-3-16)29-12-14-32-15-13-29;21-15-9-13(28-5-7-32-8-6-28)1-2-16(15)25-20-26-19(22)27-30(20)18-10-17(23-12-24-18)29-4-3-14(31)11-29;1-26-10-4-9(5-11-13(10)28-7-27-11)22-15-23-14(20)25(24-15)12-3-2-8(6-21-12)16(17,18)19/h2-3,12-14H,4-11H2,1H3,(H3,24,27,28,29);2-7H,8-15H2,1H3,(H3,22,24,26,27);1-2,9-10,12,14,31H,3-8,11H2,(H3,22,25,26,27);2-6H,7H2,1H3,(H3,20,22,23,24)/t;;14-;/m..1./s1. The van der Waals surface area contributed by atoms with Crippen LogP contribution in [0.2, 0.25) is 0 Å². The first-order valence-electron chi connectivity index (χ1n) is 40.6. The molecule has 48 heteroatoms. The van der Waals surface area contributed by atoms with Crippen molar-refractivity contribution >= 4 is 111 Å². The van der Waals surface area contributed by atoms with Gasteiger partial charge in [0.15, 0.2) is 34.8 Å². The number of fused-ring (bicyclic) bond motifs is 1. The first kappa shape index (κ1) is 85.9. The quantitative estimate of drug-likeness (QED) is 0.0440. The number of likely N-dealkylation sites (N-methyl/N-ethyl adjacent to an activating group) is 1. The molecule has 127 heavy (non-hydrogen) atoms. The minimum absolute atomic E-state index is 0.0214. The van der Waals surface area contributed by atoms with E-state index >= 15 is 0 Å². The van der Waals surface area contributed by atoms with Crippen molar-refractivity contribution in [1.82, 2.24) is 104 Å². The highest BCUT2D eigenvalue weighted by Gasteiger charge is 2.32. The number of hydrogen-bond acceptors (Lipinski definition) is 38. The molecule has 1 amide bonds. The van der Waals surface area contributed by atoms with Crippen LogP contribution in [0.1, 0.15) is 18.9 Å². The topological polar surface area (TPSA) is 484 Å². The van der Waals surface area contributed by atoms with Gasteiger partial charge < -0.3 is 117 Å². The lowest BCUT2D eigenvalue weighted by atomic mass is 10.2. The molecule has 0 saturated carbocycles. The molecule has 4 aromatic carbocycles. The van der Waals surface area contributed by atoms with E-state index in [1.54, 1.807) is 60.5 Å². The number of halogens is 5. The van der Waals surface area contributed by atoms with Gasteiger partial charge in [0.25, 0.3) is 0 Å². The smallest absolute Gasteiger partial charge is 0.417 e. The maximum absolute atomic E-state index is 15.0. The van der Waals surface area contributed by atoms with Crippen molar-refractivity contribution in [3.05, 3.63) is 145 Å². The number of amides is 1. The molecule has 0 unspecified atom stereocenters. The maximum Gasteiger partial charge on any atom is 0.417 e. The van der Waals surface area contributed by atoms with Gasteiger partial charge in [0, 0.05) is 183 Å². The van der Waals surface area contributed by atoms with Gasteiger partial charge in [-0.05, 0) is 86.3 Å². The number of nitrogens with two attached hydrogens (primary N) is 4. The van der Waals surface area contributed by atoms with Gasteiger partial charge >= 0.3 is 6.18 Å². The summed E-state index contributed by atoms with van der Waals surface area (Å²) in [6, 6.07) is 28.8. The number of benzene rings is 4. The Balaban J connectivity index is 0.000000125. The third kappa shape index (κ3) is 20.9. The van der Waals surface area contributed by atoms with Gasteiger partial charge in [-0.15, -0.1) is 20.4 Å². The summed E-state index contributed by atoms with van der Waals surface area (Å²) in [6.45, 7) is 17.9. The number of nitrogen functional groups attached to an aromatic ring is 4. The summed E-state index contributed by atoms with van der Waals surface area (Å²) in [5.41, 5.74) is 27.5. The zero-order chi connectivity index (χ0) is 88.2. The lowest BCUT2D eigenvalue weighted by molar-refractivity contribution is -0.137. The van der Waals surface area contributed by atoms with Gasteiger partial charge in [-0.2, -0.15) is 56.8 Å². The molecule has 7 aliphatic rings. The molecule has 13 N–H and O–H groups in total. The number of methoxy groups -OCH3 is 1. The lowest BCUT2D eigenvalue weighted by Gasteiger charge is -2.34. The van der Waals surface area contributed by atoms with E-state index in [2.05, 4.69) is 145 Å². The minimum Gasteiger partial charge on any atom is -0.493 e. The zero-order valence-corrected chi connectivity index (χ0v) is 69.3. The van der Waals surface area contributed by atoms with E-state index in [1.165, 1.54) is 51.6 Å². The molecule has 15 heterocycles. The summed E-state index contributed by atoms with van der Waals surface area (Å²) in [6.07, 6.45) is 1.10. The van der Waals surface area contributed by atoms with Crippen LogP contribution in [0.25, 0.3) is 23.3 Å². The van der Waals surface area contributed by atoms with Gasteiger partial charge in [-0.3, -0.25) is 4.79 Å². The van der Waals surface area contributed by atoms with Crippen LogP contribution in [0.4, 0.5) is 127 Å². The summed E-state index contributed by atoms with van der Waals surface area (Å²) in [5.74, 6) is 5.46. The number of β-amino-alcohol motifs (C(OH)–C–C–N with tert-alkyl or cyclic N) is 1. The van der Waals surface area contributed by atoms with Crippen LogP contribution in [0, 0.1) is 11.6 Å². The van der Waals surface area contributed by atoms with Crippen LogP contribution in [0.3, 0.4) is 0 Å². The Bertz CT molecular complexity index is 5760. The number of nitrogens with one attached hydrogen (secondary N) is 4. The summed E-state index contributed by atoms with van der Waals surface area (Å²) in [4.78, 5) is 75.3. The van der Waals surface area contributed by atoms with Crippen LogP contribution in [0.5, 0.6) is 17.2 Å². The van der Waals surface area contributed by atoms with Gasteiger partial charge in [-0.1, -0.05) is 0 Å². The molecule has 6 saturated heterocycles. The highest BCUT2D eigenvalue weighted by Crippen LogP contribution is 2.44. The minimum atomic E-state index is -4.48. The van der Waals surface area contributed by atoms with Gasteiger partial charge in [0.05, 0.1) is 69.8 Å². The van der Waals surface area contributed by atoms with Gasteiger partial charge in [0.1, 0.15) is 35.9 Å². The van der Waals surface area contributed by atoms with Crippen LogP contribution in [0.15, 0.2) is 128 Å². The Hall–Kier alpha value is -14.7. The number of nitrogens with zero attached hydrogens (tertiary/aromatic N) is 27. The molecular weight excluding hydrogens is 1660 g/mol. The Morgan fingerprint density at radius 1 is 0.488 bits per heavy atom. The number of anilines is 18. The lowest BCUT2D eigenvalue weighted by Crippen LogP contribution is -2.48. The van der Waals surface area contributed by atoms with Crippen molar-refractivity contribution < 1.29 is 60.3 Å². The third-order valence-electron chi connectivity index (χ3n) is 21.2. The summed E-state index contributed by atoms with van der Waals surface area (Å²) in [5, 5.41) is 39.0. The third-order valence-corrected chi connectivity index (χ3v) is 21.2. The Morgan fingerprint density at radius 3 is 1.52 bits per heavy atom. The number of rotatable bonds is 19. The number of alkyl halides is 3. The molecule has 12 aromatic rings.